The highest BCUT2D eigenvalue weighted by atomic mass is 16.5. The zero-order valence-electron chi connectivity index (χ0n) is 10.9. The minimum Gasteiger partial charge on any atom is -0.497 e. The van der Waals surface area contributed by atoms with Gasteiger partial charge in [-0.3, -0.25) is 4.79 Å². The van der Waals surface area contributed by atoms with Crippen molar-refractivity contribution in [3.05, 3.63) is 58.9 Å². The molecule has 0 unspecified atom stereocenters. The molecule has 0 bridgehead atoms. The molecule has 5 heteroatoms. The van der Waals surface area contributed by atoms with E-state index in [9.17, 15) is 4.79 Å². The lowest BCUT2D eigenvalue weighted by Crippen LogP contribution is -2.22. The lowest BCUT2D eigenvalue weighted by atomic mass is 10.2. The molecule has 2 N–H and O–H groups in total. The van der Waals surface area contributed by atoms with Crippen LogP contribution >= 0.6 is 0 Å². The summed E-state index contributed by atoms with van der Waals surface area (Å²) < 4.78 is 6.40. The average Bonchev–Trinajstić information content (AvgIpc) is 2.51. The number of rotatable bonds is 2. The van der Waals surface area contributed by atoms with Crippen molar-refractivity contribution in [1.82, 2.24) is 9.78 Å². The zero-order chi connectivity index (χ0) is 14.1. The van der Waals surface area contributed by atoms with E-state index in [1.165, 1.54) is 4.68 Å². The number of nitrogens with zero attached hydrogens (tertiary/aromatic N) is 2. The highest BCUT2D eigenvalue weighted by Gasteiger charge is 2.09. The van der Waals surface area contributed by atoms with E-state index in [-0.39, 0.29) is 5.56 Å². The smallest absolute Gasteiger partial charge is 0.279 e. The van der Waals surface area contributed by atoms with Gasteiger partial charge in [-0.25, -0.2) is 0 Å². The molecular weight excluding hydrogens is 254 g/mol. The van der Waals surface area contributed by atoms with Crippen LogP contribution < -0.4 is 16.0 Å². The quantitative estimate of drug-likeness (QED) is 0.770. The van der Waals surface area contributed by atoms with E-state index in [4.69, 9.17) is 10.5 Å². The first kappa shape index (κ1) is 12.2. The summed E-state index contributed by atoms with van der Waals surface area (Å²) in [5.74, 6) is 1.05. The Morgan fingerprint density at radius 3 is 2.35 bits per heavy atom. The summed E-state index contributed by atoms with van der Waals surface area (Å²) in [5.41, 5.74) is 6.38. The van der Waals surface area contributed by atoms with E-state index in [0.29, 0.717) is 22.3 Å². The largest absolute Gasteiger partial charge is 0.497 e. The maximum atomic E-state index is 12.4. The Morgan fingerprint density at radius 1 is 1.05 bits per heavy atom. The Balaban J connectivity index is 2.25. The molecule has 0 spiro atoms. The molecule has 0 aliphatic heterocycles. The Kier molecular flexibility index (Phi) is 2.87. The lowest BCUT2D eigenvalue weighted by Gasteiger charge is -2.08. The second kappa shape index (κ2) is 4.70. The van der Waals surface area contributed by atoms with Crippen LogP contribution in [0.5, 0.6) is 5.75 Å². The molecule has 0 aliphatic carbocycles. The SMILES string of the molecule is COc1ccc(-n2nc(N)c3ccccc3c2=O)cc1. The number of fused-ring (bicyclic) bond motifs is 1. The van der Waals surface area contributed by atoms with Crippen molar-refractivity contribution >= 4 is 16.6 Å². The number of nitrogens with two attached hydrogens (primary N) is 1. The molecule has 0 saturated heterocycles. The molecule has 0 aliphatic rings. The molecule has 5 nitrogen and oxygen atoms in total. The van der Waals surface area contributed by atoms with Crippen molar-refractivity contribution < 1.29 is 4.74 Å². The number of anilines is 1. The van der Waals surface area contributed by atoms with Crippen molar-refractivity contribution in [1.29, 1.82) is 0 Å². The second-order valence-electron chi connectivity index (χ2n) is 4.35. The van der Waals surface area contributed by atoms with E-state index >= 15 is 0 Å². The van der Waals surface area contributed by atoms with Gasteiger partial charge in [-0.2, -0.15) is 4.68 Å². The van der Waals surface area contributed by atoms with Gasteiger partial charge in [0.25, 0.3) is 5.56 Å². The minimum atomic E-state index is -0.194. The standard InChI is InChI=1S/C15H13N3O2/c1-20-11-8-6-10(7-9-11)18-15(19)13-5-3-2-4-12(13)14(16)17-18/h2-9H,1H3,(H2,16,17). The predicted octanol–water partition coefficient (Wildman–Crippen LogP) is 1.98. The van der Waals surface area contributed by atoms with Gasteiger partial charge in [-0.05, 0) is 30.3 Å². The third kappa shape index (κ3) is 1.89. The fraction of sp³-hybridized carbons (Fsp3) is 0.0667. The fourth-order valence-electron chi connectivity index (χ4n) is 2.11. The van der Waals surface area contributed by atoms with Crippen molar-refractivity contribution in [2.75, 3.05) is 12.8 Å². The summed E-state index contributed by atoms with van der Waals surface area (Å²) in [4.78, 5) is 12.4. The first-order valence-electron chi connectivity index (χ1n) is 6.12. The Hall–Kier alpha value is -2.82. The van der Waals surface area contributed by atoms with Gasteiger partial charge in [0, 0.05) is 5.39 Å². The number of benzene rings is 2. The number of ether oxygens (including phenoxy) is 1. The number of aromatic nitrogens is 2. The normalized spacial score (nSPS) is 10.7. The molecule has 0 fully saturated rings. The average molecular weight is 267 g/mol. The van der Waals surface area contributed by atoms with Gasteiger partial charge in [-0.1, -0.05) is 18.2 Å². The molecule has 3 aromatic rings. The van der Waals surface area contributed by atoms with Gasteiger partial charge >= 0.3 is 0 Å². The first-order valence-corrected chi connectivity index (χ1v) is 6.12. The van der Waals surface area contributed by atoms with E-state index < -0.39 is 0 Å². The third-order valence-corrected chi connectivity index (χ3v) is 3.15. The maximum Gasteiger partial charge on any atom is 0.279 e. The molecule has 20 heavy (non-hydrogen) atoms. The molecule has 0 radical (unpaired) electrons. The van der Waals surface area contributed by atoms with Crippen molar-refractivity contribution in [3.8, 4) is 11.4 Å². The summed E-state index contributed by atoms with van der Waals surface area (Å²) in [6, 6.07) is 14.2. The van der Waals surface area contributed by atoms with Crippen LogP contribution in [0.2, 0.25) is 0 Å². The number of nitrogen functional groups attached to an aromatic ring is 1. The van der Waals surface area contributed by atoms with Crippen LogP contribution in [0, 0.1) is 0 Å². The number of methoxy groups -OCH3 is 1. The van der Waals surface area contributed by atoms with Crippen LogP contribution in [0.25, 0.3) is 16.5 Å². The van der Waals surface area contributed by atoms with Gasteiger partial charge in [0.1, 0.15) is 5.75 Å². The van der Waals surface area contributed by atoms with E-state index in [1.807, 2.05) is 12.1 Å². The molecule has 100 valence electrons. The Morgan fingerprint density at radius 2 is 1.70 bits per heavy atom. The van der Waals surface area contributed by atoms with E-state index in [1.54, 1.807) is 43.5 Å². The molecule has 0 atom stereocenters. The minimum absolute atomic E-state index is 0.194. The summed E-state index contributed by atoms with van der Waals surface area (Å²) in [6.45, 7) is 0. The first-order chi connectivity index (χ1) is 9.70. The zero-order valence-corrected chi connectivity index (χ0v) is 10.9. The third-order valence-electron chi connectivity index (χ3n) is 3.15. The monoisotopic (exact) mass is 267 g/mol. The van der Waals surface area contributed by atoms with Crippen molar-refractivity contribution in [2.45, 2.75) is 0 Å². The van der Waals surface area contributed by atoms with Gasteiger partial charge in [0.2, 0.25) is 0 Å². The van der Waals surface area contributed by atoms with Crippen LogP contribution in [-0.4, -0.2) is 16.9 Å². The van der Waals surface area contributed by atoms with Gasteiger partial charge in [-0.15, -0.1) is 5.10 Å². The molecule has 2 aromatic carbocycles. The summed E-state index contributed by atoms with van der Waals surface area (Å²) in [5, 5.41) is 5.39. The van der Waals surface area contributed by atoms with Crippen LogP contribution in [0.15, 0.2) is 53.3 Å². The number of hydrogen-bond donors (Lipinski definition) is 1. The van der Waals surface area contributed by atoms with E-state index in [2.05, 4.69) is 5.10 Å². The number of hydrogen-bond acceptors (Lipinski definition) is 4. The predicted molar refractivity (Wildman–Crippen MR) is 78.3 cm³/mol. The summed E-state index contributed by atoms with van der Waals surface area (Å²) in [6.07, 6.45) is 0. The van der Waals surface area contributed by atoms with Crippen LogP contribution in [-0.2, 0) is 0 Å². The van der Waals surface area contributed by atoms with Gasteiger partial charge in [0.05, 0.1) is 18.2 Å². The van der Waals surface area contributed by atoms with Crippen LogP contribution in [0.1, 0.15) is 0 Å². The molecule has 3 rings (SSSR count). The summed E-state index contributed by atoms with van der Waals surface area (Å²) in [7, 11) is 1.59. The van der Waals surface area contributed by atoms with Crippen LogP contribution in [0.3, 0.4) is 0 Å². The van der Waals surface area contributed by atoms with Gasteiger partial charge < -0.3 is 10.5 Å². The Labute approximate surface area is 115 Å². The molecule has 1 aromatic heterocycles. The van der Waals surface area contributed by atoms with Crippen molar-refractivity contribution in [2.24, 2.45) is 0 Å². The second-order valence-corrected chi connectivity index (χ2v) is 4.35. The molecule has 1 heterocycles. The maximum absolute atomic E-state index is 12.4. The lowest BCUT2D eigenvalue weighted by molar-refractivity contribution is 0.414. The highest BCUT2D eigenvalue weighted by Crippen LogP contribution is 2.17. The molecule has 0 amide bonds. The topological polar surface area (TPSA) is 70.1 Å². The van der Waals surface area contributed by atoms with Gasteiger partial charge in [0.15, 0.2) is 5.82 Å². The Bertz CT molecular complexity index is 823. The van der Waals surface area contributed by atoms with Crippen molar-refractivity contribution in [3.63, 3.8) is 0 Å². The highest BCUT2D eigenvalue weighted by molar-refractivity contribution is 5.90. The van der Waals surface area contributed by atoms with E-state index in [0.717, 1.165) is 5.75 Å². The molecular formula is C15H13N3O2. The summed E-state index contributed by atoms with van der Waals surface area (Å²) >= 11 is 0. The molecule has 0 saturated carbocycles. The fourth-order valence-corrected chi connectivity index (χ4v) is 2.11. The van der Waals surface area contributed by atoms with Crippen LogP contribution in [0.4, 0.5) is 5.82 Å².